The summed E-state index contributed by atoms with van der Waals surface area (Å²) in [6, 6.07) is 9.98. The molecule has 0 aromatic heterocycles. The van der Waals surface area contributed by atoms with Crippen LogP contribution in [0, 0.1) is 0 Å². The minimum atomic E-state index is -0.475. The van der Waals surface area contributed by atoms with Crippen molar-refractivity contribution in [3.8, 4) is 17.2 Å². The summed E-state index contributed by atoms with van der Waals surface area (Å²) in [6.07, 6.45) is 1.61. The fourth-order valence-corrected chi connectivity index (χ4v) is 2.72. The first-order valence-corrected chi connectivity index (χ1v) is 8.63. The van der Waals surface area contributed by atoms with Gasteiger partial charge in [-0.25, -0.2) is 4.79 Å². The van der Waals surface area contributed by atoms with Crippen molar-refractivity contribution in [2.75, 3.05) is 20.3 Å². The fraction of sp³-hybridized carbons (Fsp3) is 0.238. The Labute approximate surface area is 157 Å². The lowest BCUT2D eigenvalue weighted by Gasteiger charge is -2.09. The van der Waals surface area contributed by atoms with Crippen LogP contribution in [0.1, 0.15) is 40.1 Å². The zero-order valence-corrected chi connectivity index (χ0v) is 15.4. The maximum absolute atomic E-state index is 12.7. The molecule has 2 aromatic rings. The summed E-state index contributed by atoms with van der Waals surface area (Å²) in [7, 11) is 1.57. The Morgan fingerprint density at radius 3 is 2.63 bits per heavy atom. The Kier molecular flexibility index (Phi) is 5.45. The molecule has 0 unspecified atom stereocenters. The number of esters is 1. The summed E-state index contributed by atoms with van der Waals surface area (Å²) in [5.74, 6) is 1.03. The number of benzene rings is 2. The van der Waals surface area contributed by atoms with E-state index in [1.165, 1.54) is 6.07 Å². The molecule has 6 heteroatoms. The first kappa shape index (κ1) is 18.5. The molecule has 0 saturated carbocycles. The normalized spacial score (nSPS) is 13.9. The third-order valence-corrected chi connectivity index (χ3v) is 3.98. The van der Waals surface area contributed by atoms with Crippen molar-refractivity contribution in [3.63, 3.8) is 0 Å². The van der Waals surface area contributed by atoms with Gasteiger partial charge in [-0.2, -0.15) is 0 Å². The van der Waals surface area contributed by atoms with Crippen LogP contribution in [0.25, 0.3) is 6.08 Å². The van der Waals surface area contributed by atoms with Crippen LogP contribution in [0.15, 0.2) is 42.2 Å². The van der Waals surface area contributed by atoms with E-state index in [2.05, 4.69) is 0 Å². The summed E-state index contributed by atoms with van der Waals surface area (Å²) < 4.78 is 21.5. The van der Waals surface area contributed by atoms with Crippen LogP contribution in [0.2, 0.25) is 0 Å². The van der Waals surface area contributed by atoms with Crippen LogP contribution in [0.3, 0.4) is 0 Å². The maximum Gasteiger partial charge on any atom is 0.338 e. The van der Waals surface area contributed by atoms with E-state index < -0.39 is 5.97 Å². The summed E-state index contributed by atoms with van der Waals surface area (Å²) >= 11 is 0. The van der Waals surface area contributed by atoms with Crippen molar-refractivity contribution in [3.05, 3.63) is 58.8 Å². The van der Waals surface area contributed by atoms with E-state index in [-0.39, 0.29) is 18.1 Å². The lowest BCUT2D eigenvalue weighted by atomic mass is 10.1. The second kappa shape index (κ2) is 7.95. The molecule has 1 heterocycles. The van der Waals surface area contributed by atoms with Crippen LogP contribution in [0.4, 0.5) is 0 Å². The number of Topliss-reactive ketones (excluding diaryl/α,β-unsaturated/α-hetero) is 1. The summed E-state index contributed by atoms with van der Waals surface area (Å²) in [6.45, 7) is 4.36. The van der Waals surface area contributed by atoms with Crippen molar-refractivity contribution in [2.45, 2.75) is 13.8 Å². The van der Waals surface area contributed by atoms with E-state index in [1.807, 2.05) is 6.92 Å². The topological polar surface area (TPSA) is 71.1 Å². The van der Waals surface area contributed by atoms with Gasteiger partial charge in [0, 0.05) is 5.56 Å². The van der Waals surface area contributed by atoms with Gasteiger partial charge in [0.25, 0.3) is 0 Å². The first-order valence-electron chi connectivity index (χ1n) is 8.63. The number of methoxy groups -OCH3 is 1. The average Bonchev–Trinajstić information content (AvgIpc) is 2.98. The van der Waals surface area contributed by atoms with Gasteiger partial charge in [0.05, 0.1) is 31.5 Å². The van der Waals surface area contributed by atoms with Gasteiger partial charge in [0.15, 0.2) is 5.76 Å². The Morgan fingerprint density at radius 2 is 1.93 bits per heavy atom. The Balaban J connectivity index is 1.95. The Bertz CT molecular complexity index is 913. The van der Waals surface area contributed by atoms with Crippen LogP contribution in [-0.2, 0) is 4.74 Å². The molecule has 0 atom stereocenters. The van der Waals surface area contributed by atoms with E-state index in [9.17, 15) is 9.59 Å². The van der Waals surface area contributed by atoms with Gasteiger partial charge in [0.1, 0.15) is 17.2 Å². The third-order valence-electron chi connectivity index (χ3n) is 3.98. The molecule has 1 aliphatic rings. The van der Waals surface area contributed by atoms with Crippen LogP contribution in [-0.4, -0.2) is 32.1 Å². The number of ether oxygens (including phenoxy) is 4. The molecule has 0 fully saturated rings. The number of carbonyl (C=O) groups excluding carboxylic acids is 2. The lowest BCUT2D eigenvalue weighted by molar-refractivity contribution is 0.0526. The highest BCUT2D eigenvalue weighted by Crippen LogP contribution is 2.34. The van der Waals surface area contributed by atoms with Gasteiger partial charge in [-0.3, -0.25) is 4.79 Å². The number of hydrogen-bond acceptors (Lipinski definition) is 6. The van der Waals surface area contributed by atoms with Gasteiger partial charge in [-0.1, -0.05) is 0 Å². The first-order chi connectivity index (χ1) is 13.1. The largest absolute Gasteiger partial charge is 0.497 e. The molecule has 3 rings (SSSR count). The smallest absolute Gasteiger partial charge is 0.338 e. The van der Waals surface area contributed by atoms with E-state index in [0.717, 1.165) is 0 Å². The molecule has 0 amide bonds. The van der Waals surface area contributed by atoms with Crippen molar-refractivity contribution < 1.29 is 28.5 Å². The average molecular weight is 368 g/mol. The predicted molar refractivity (Wildman–Crippen MR) is 99.5 cm³/mol. The summed E-state index contributed by atoms with van der Waals surface area (Å²) in [5.41, 5.74) is 1.30. The SMILES string of the molecule is CCOC(=O)c1ccc2c(c1)C(=O)C(=Cc1cc(OC)ccc1OCC)O2. The molecular formula is C21H20O6. The van der Waals surface area contributed by atoms with E-state index in [4.69, 9.17) is 18.9 Å². The zero-order valence-electron chi connectivity index (χ0n) is 15.4. The standard InChI is InChI=1S/C21H20O6/c1-4-25-17-9-7-15(24-3)10-14(17)12-19-20(22)16-11-13(21(23)26-5-2)6-8-18(16)27-19/h6-12H,4-5H2,1-3H3. The number of fused-ring (bicyclic) bond motifs is 1. The molecule has 140 valence electrons. The van der Waals surface area contributed by atoms with Gasteiger partial charge in [0.2, 0.25) is 5.78 Å². The maximum atomic E-state index is 12.7. The zero-order chi connectivity index (χ0) is 19.4. The molecule has 0 spiro atoms. The van der Waals surface area contributed by atoms with Crippen LogP contribution in [0.5, 0.6) is 17.2 Å². The third kappa shape index (κ3) is 3.79. The molecule has 2 aromatic carbocycles. The van der Waals surface area contributed by atoms with Crippen LogP contribution >= 0.6 is 0 Å². The molecule has 1 aliphatic heterocycles. The highest BCUT2D eigenvalue weighted by molar-refractivity contribution is 6.15. The lowest BCUT2D eigenvalue weighted by Crippen LogP contribution is -2.05. The highest BCUT2D eigenvalue weighted by atomic mass is 16.5. The number of ketones is 1. The second-order valence-corrected chi connectivity index (χ2v) is 5.71. The molecule has 0 radical (unpaired) electrons. The molecule has 27 heavy (non-hydrogen) atoms. The van der Waals surface area contributed by atoms with Gasteiger partial charge < -0.3 is 18.9 Å². The number of allylic oxidation sites excluding steroid dienone is 1. The monoisotopic (exact) mass is 368 g/mol. The summed E-state index contributed by atoms with van der Waals surface area (Å²) in [5, 5.41) is 0. The highest BCUT2D eigenvalue weighted by Gasteiger charge is 2.29. The van der Waals surface area contributed by atoms with Crippen molar-refractivity contribution in [2.24, 2.45) is 0 Å². The summed E-state index contributed by atoms with van der Waals surface area (Å²) in [4.78, 5) is 24.6. The molecular weight excluding hydrogens is 348 g/mol. The molecule has 0 aliphatic carbocycles. The Hall–Kier alpha value is -3.28. The van der Waals surface area contributed by atoms with E-state index in [0.29, 0.717) is 40.5 Å². The predicted octanol–water partition coefficient (Wildman–Crippen LogP) is 3.89. The number of carbonyl (C=O) groups is 2. The number of hydrogen-bond donors (Lipinski definition) is 0. The van der Waals surface area contributed by atoms with Crippen LogP contribution < -0.4 is 14.2 Å². The molecule has 0 bridgehead atoms. The fourth-order valence-electron chi connectivity index (χ4n) is 2.72. The van der Waals surface area contributed by atoms with Crippen molar-refractivity contribution in [1.29, 1.82) is 0 Å². The van der Waals surface area contributed by atoms with Gasteiger partial charge in [-0.15, -0.1) is 0 Å². The molecule has 0 N–H and O–H groups in total. The Morgan fingerprint density at radius 1 is 1.11 bits per heavy atom. The van der Waals surface area contributed by atoms with E-state index >= 15 is 0 Å². The minimum Gasteiger partial charge on any atom is -0.497 e. The van der Waals surface area contributed by atoms with E-state index in [1.54, 1.807) is 50.4 Å². The quantitative estimate of drug-likeness (QED) is 0.569. The second-order valence-electron chi connectivity index (χ2n) is 5.71. The number of rotatable bonds is 6. The minimum absolute atomic E-state index is 0.153. The van der Waals surface area contributed by atoms with Gasteiger partial charge >= 0.3 is 5.97 Å². The molecule has 6 nitrogen and oxygen atoms in total. The molecule has 0 saturated heterocycles. The van der Waals surface area contributed by atoms with Gasteiger partial charge in [-0.05, 0) is 56.3 Å². The van der Waals surface area contributed by atoms with Crippen molar-refractivity contribution >= 4 is 17.8 Å². The van der Waals surface area contributed by atoms with Crippen molar-refractivity contribution in [1.82, 2.24) is 0 Å².